The Morgan fingerprint density at radius 3 is 2.65 bits per heavy atom. The number of sulfonamides is 1. The van der Waals surface area contributed by atoms with Crippen molar-refractivity contribution in [3.8, 4) is 0 Å². The summed E-state index contributed by atoms with van der Waals surface area (Å²) in [5, 5.41) is -0.0473. The Bertz CT molecular complexity index is 519. The van der Waals surface area contributed by atoms with Crippen molar-refractivity contribution in [2.75, 3.05) is 19.6 Å². The highest BCUT2D eigenvalue weighted by Crippen LogP contribution is 2.17. The molecular weight excluding hydrogens is 278 g/mol. The van der Waals surface area contributed by atoms with E-state index < -0.39 is 10.0 Å². The number of nitrogens with two attached hydrogens (primary N) is 1. The first-order valence-electron chi connectivity index (χ1n) is 7.08. The fourth-order valence-corrected chi connectivity index (χ4v) is 3.74. The molecule has 0 bridgehead atoms. The Morgan fingerprint density at radius 2 is 2.10 bits per heavy atom. The normalized spacial score (nSPS) is 18.5. The summed E-state index contributed by atoms with van der Waals surface area (Å²) in [7, 11) is -3.57. The molecule has 20 heavy (non-hydrogen) atoms. The third-order valence-electron chi connectivity index (χ3n) is 3.55. The summed E-state index contributed by atoms with van der Waals surface area (Å²) >= 11 is 0. The fraction of sp³-hybridized carbons (Fsp3) is 0.692. The van der Waals surface area contributed by atoms with E-state index in [4.69, 9.17) is 10.2 Å². The largest absolute Gasteiger partial charge is 0.447 e. The standard InChI is InChI=1S/C13H23N3O3S/c1-2-7-16-8-5-11(6-9-16)15-20(17,18)13-4-3-12(10-14)19-13/h3-4,11,15H,2,5-10,14H2,1H3. The van der Waals surface area contributed by atoms with Crippen LogP contribution in [0.4, 0.5) is 0 Å². The first-order valence-corrected chi connectivity index (χ1v) is 8.57. The van der Waals surface area contributed by atoms with Crippen LogP contribution >= 0.6 is 0 Å². The zero-order chi connectivity index (χ0) is 14.6. The zero-order valence-electron chi connectivity index (χ0n) is 11.8. The minimum atomic E-state index is -3.57. The van der Waals surface area contributed by atoms with Crippen LogP contribution in [0.1, 0.15) is 31.9 Å². The summed E-state index contributed by atoms with van der Waals surface area (Å²) in [6.07, 6.45) is 2.80. The highest BCUT2D eigenvalue weighted by atomic mass is 32.2. The van der Waals surface area contributed by atoms with Crippen LogP contribution in [0.2, 0.25) is 0 Å². The van der Waals surface area contributed by atoms with Gasteiger partial charge in [-0.05, 0) is 51.0 Å². The number of hydrogen-bond acceptors (Lipinski definition) is 5. The van der Waals surface area contributed by atoms with Crippen LogP contribution in [0.15, 0.2) is 21.6 Å². The fourth-order valence-electron chi connectivity index (χ4n) is 2.48. The topological polar surface area (TPSA) is 88.6 Å². The van der Waals surface area contributed by atoms with Crippen molar-refractivity contribution in [2.45, 2.75) is 43.9 Å². The second-order valence-electron chi connectivity index (χ2n) is 5.16. The molecule has 0 radical (unpaired) electrons. The lowest BCUT2D eigenvalue weighted by Gasteiger charge is -2.31. The van der Waals surface area contributed by atoms with Crippen LogP contribution in [-0.4, -0.2) is 39.0 Å². The van der Waals surface area contributed by atoms with E-state index in [0.717, 1.165) is 38.9 Å². The van der Waals surface area contributed by atoms with Crippen LogP contribution in [0.25, 0.3) is 0 Å². The van der Waals surface area contributed by atoms with Crippen molar-refractivity contribution < 1.29 is 12.8 Å². The Balaban J connectivity index is 1.92. The van der Waals surface area contributed by atoms with Gasteiger partial charge in [-0.15, -0.1) is 0 Å². The lowest BCUT2D eigenvalue weighted by molar-refractivity contribution is 0.207. The number of nitrogens with zero attached hydrogens (tertiary/aromatic N) is 1. The Hall–Kier alpha value is -0.890. The lowest BCUT2D eigenvalue weighted by atomic mass is 10.1. The molecule has 6 nitrogen and oxygen atoms in total. The summed E-state index contributed by atoms with van der Waals surface area (Å²) in [4.78, 5) is 2.37. The Kier molecular flexibility index (Phi) is 5.20. The summed E-state index contributed by atoms with van der Waals surface area (Å²) in [5.41, 5.74) is 5.42. The third-order valence-corrected chi connectivity index (χ3v) is 4.95. The van der Waals surface area contributed by atoms with Gasteiger partial charge in [0.15, 0.2) is 0 Å². The number of hydrogen-bond donors (Lipinski definition) is 2. The number of furan rings is 1. The molecule has 0 amide bonds. The Morgan fingerprint density at radius 1 is 1.40 bits per heavy atom. The molecule has 114 valence electrons. The van der Waals surface area contributed by atoms with Gasteiger partial charge in [0, 0.05) is 6.04 Å². The van der Waals surface area contributed by atoms with E-state index in [1.807, 2.05) is 0 Å². The van der Waals surface area contributed by atoms with Gasteiger partial charge >= 0.3 is 0 Å². The Labute approximate surface area is 120 Å². The quantitative estimate of drug-likeness (QED) is 0.814. The molecule has 1 aromatic rings. The maximum atomic E-state index is 12.2. The molecule has 1 aliphatic heterocycles. The molecule has 1 saturated heterocycles. The molecule has 0 unspecified atom stereocenters. The second kappa shape index (κ2) is 6.71. The second-order valence-corrected chi connectivity index (χ2v) is 6.81. The van der Waals surface area contributed by atoms with Gasteiger partial charge < -0.3 is 15.1 Å². The number of piperidine rings is 1. The van der Waals surface area contributed by atoms with E-state index in [2.05, 4.69) is 16.5 Å². The molecule has 2 rings (SSSR count). The number of nitrogens with one attached hydrogen (secondary N) is 1. The monoisotopic (exact) mass is 301 g/mol. The van der Waals surface area contributed by atoms with Crippen molar-refractivity contribution in [3.63, 3.8) is 0 Å². The molecule has 2 heterocycles. The first-order chi connectivity index (χ1) is 9.55. The molecular formula is C13H23N3O3S. The maximum absolute atomic E-state index is 12.2. The van der Waals surface area contributed by atoms with Crippen LogP contribution in [0.5, 0.6) is 0 Å². The van der Waals surface area contributed by atoms with Gasteiger partial charge in [0.1, 0.15) is 5.76 Å². The number of rotatable bonds is 6. The van der Waals surface area contributed by atoms with Gasteiger partial charge in [-0.3, -0.25) is 0 Å². The minimum Gasteiger partial charge on any atom is -0.447 e. The third kappa shape index (κ3) is 3.82. The average molecular weight is 301 g/mol. The minimum absolute atomic E-state index is 0.0143. The van der Waals surface area contributed by atoms with Gasteiger partial charge in [0.05, 0.1) is 6.54 Å². The van der Waals surface area contributed by atoms with Gasteiger partial charge in [0.2, 0.25) is 5.09 Å². The highest BCUT2D eigenvalue weighted by molar-refractivity contribution is 7.89. The molecule has 0 aliphatic carbocycles. The van der Waals surface area contributed by atoms with Gasteiger partial charge in [0.25, 0.3) is 10.0 Å². The lowest BCUT2D eigenvalue weighted by Crippen LogP contribution is -2.44. The van der Waals surface area contributed by atoms with E-state index in [9.17, 15) is 8.42 Å². The van der Waals surface area contributed by atoms with Crippen molar-refractivity contribution >= 4 is 10.0 Å². The molecule has 7 heteroatoms. The molecule has 0 saturated carbocycles. The average Bonchev–Trinajstić information content (AvgIpc) is 2.91. The molecule has 1 aliphatic rings. The van der Waals surface area contributed by atoms with E-state index >= 15 is 0 Å². The van der Waals surface area contributed by atoms with E-state index in [1.165, 1.54) is 6.07 Å². The summed E-state index contributed by atoms with van der Waals surface area (Å²) in [5.74, 6) is 0.475. The van der Waals surface area contributed by atoms with Crippen molar-refractivity contribution in [1.29, 1.82) is 0 Å². The number of likely N-dealkylation sites (tertiary alicyclic amines) is 1. The molecule has 0 aromatic carbocycles. The van der Waals surface area contributed by atoms with Crippen LogP contribution in [0, 0.1) is 0 Å². The SMILES string of the molecule is CCCN1CCC(NS(=O)(=O)c2ccc(CN)o2)CC1. The summed E-state index contributed by atoms with van der Waals surface area (Å²) in [6, 6.07) is 3.04. The summed E-state index contributed by atoms with van der Waals surface area (Å²) < 4.78 is 32.3. The van der Waals surface area contributed by atoms with Crippen LogP contribution < -0.4 is 10.5 Å². The highest BCUT2D eigenvalue weighted by Gasteiger charge is 2.26. The predicted octanol–water partition coefficient (Wildman–Crippen LogP) is 0.891. The van der Waals surface area contributed by atoms with Crippen molar-refractivity contribution in [1.82, 2.24) is 9.62 Å². The van der Waals surface area contributed by atoms with Gasteiger partial charge in [-0.1, -0.05) is 6.92 Å². The van der Waals surface area contributed by atoms with Crippen molar-refractivity contribution in [3.05, 3.63) is 17.9 Å². The van der Waals surface area contributed by atoms with Crippen LogP contribution in [-0.2, 0) is 16.6 Å². The molecule has 1 fully saturated rings. The van der Waals surface area contributed by atoms with Gasteiger partial charge in [-0.25, -0.2) is 13.1 Å². The van der Waals surface area contributed by atoms with Crippen LogP contribution in [0.3, 0.4) is 0 Å². The zero-order valence-corrected chi connectivity index (χ0v) is 12.7. The van der Waals surface area contributed by atoms with E-state index in [0.29, 0.717) is 5.76 Å². The summed E-state index contributed by atoms with van der Waals surface area (Å²) in [6.45, 7) is 5.31. The molecule has 0 spiro atoms. The maximum Gasteiger partial charge on any atom is 0.274 e. The van der Waals surface area contributed by atoms with Crippen molar-refractivity contribution in [2.24, 2.45) is 5.73 Å². The van der Waals surface area contributed by atoms with E-state index in [-0.39, 0.29) is 17.7 Å². The molecule has 1 aromatic heterocycles. The predicted molar refractivity (Wildman–Crippen MR) is 76.7 cm³/mol. The van der Waals surface area contributed by atoms with Gasteiger partial charge in [-0.2, -0.15) is 0 Å². The smallest absolute Gasteiger partial charge is 0.274 e. The molecule has 0 atom stereocenters. The molecule has 3 N–H and O–H groups in total. The van der Waals surface area contributed by atoms with E-state index in [1.54, 1.807) is 6.07 Å². The first kappa shape index (κ1) is 15.5.